The van der Waals surface area contributed by atoms with Gasteiger partial charge in [-0.05, 0) is 51.9 Å². The van der Waals surface area contributed by atoms with Gasteiger partial charge < -0.3 is 15.3 Å². The third kappa shape index (κ3) is 3.25. The summed E-state index contributed by atoms with van der Waals surface area (Å²) in [6.45, 7) is 4.67. The number of amides is 2. The van der Waals surface area contributed by atoms with Gasteiger partial charge in [-0.15, -0.1) is 0 Å². The van der Waals surface area contributed by atoms with Crippen molar-refractivity contribution in [3.05, 3.63) is 0 Å². The maximum Gasteiger partial charge on any atom is 0.317 e. The Labute approximate surface area is 120 Å². The molecule has 2 rings (SSSR count). The molecule has 0 radical (unpaired) electrons. The molecule has 0 bridgehead atoms. The largest absolute Gasteiger partial charge is 0.481 e. The fraction of sp³-hybridized carbons (Fsp3) is 0.867. The fourth-order valence-corrected chi connectivity index (χ4v) is 3.74. The van der Waals surface area contributed by atoms with E-state index < -0.39 is 5.97 Å². The number of nitrogens with zero attached hydrogens (tertiary/aromatic N) is 1. The molecule has 4 unspecified atom stereocenters. The molecule has 1 aliphatic carbocycles. The van der Waals surface area contributed by atoms with E-state index in [0.717, 1.165) is 32.1 Å². The van der Waals surface area contributed by atoms with E-state index in [-0.39, 0.29) is 30.0 Å². The van der Waals surface area contributed by atoms with Gasteiger partial charge in [0.1, 0.15) is 0 Å². The molecule has 114 valence electrons. The summed E-state index contributed by atoms with van der Waals surface area (Å²) in [4.78, 5) is 25.4. The average molecular weight is 282 g/mol. The first-order valence-electron chi connectivity index (χ1n) is 7.79. The molecule has 0 aromatic rings. The molecule has 1 saturated heterocycles. The second kappa shape index (κ2) is 6.46. The Morgan fingerprint density at radius 3 is 2.30 bits per heavy atom. The molecule has 1 heterocycles. The van der Waals surface area contributed by atoms with E-state index in [1.54, 1.807) is 0 Å². The van der Waals surface area contributed by atoms with Crippen LogP contribution >= 0.6 is 0 Å². The highest BCUT2D eigenvalue weighted by molar-refractivity contribution is 5.75. The van der Waals surface area contributed by atoms with Gasteiger partial charge in [-0.25, -0.2) is 4.79 Å². The Morgan fingerprint density at radius 1 is 1.10 bits per heavy atom. The van der Waals surface area contributed by atoms with Crippen LogP contribution < -0.4 is 5.32 Å². The summed E-state index contributed by atoms with van der Waals surface area (Å²) in [5.41, 5.74) is 0. The standard InChI is InChI=1S/C15H26N2O3/c1-10-5-3-6-11(2)17(10)15(20)16-9-12-7-4-8-13(12)14(18)19/h10-13H,3-9H2,1-2H3,(H,16,20)(H,18,19). The maximum atomic E-state index is 12.3. The molecule has 5 nitrogen and oxygen atoms in total. The summed E-state index contributed by atoms with van der Waals surface area (Å²) in [5, 5.41) is 12.1. The number of hydrogen-bond donors (Lipinski definition) is 2. The molecule has 2 aliphatic rings. The zero-order valence-electron chi connectivity index (χ0n) is 12.5. The van der Waals surface area contributed by atoms with Crippen LogP contribution in [0.25, 0.3) is 0 Å². The molecule has 2 amide bonds. The number of likely N-dealkylation sites (tertiary alicyclic amines) is 1. The van der Waals surface area contributed by atoms with Gasteiger partial charge in [0.25, 0.3) is 0 Å². The van der Waals surface area contributed by atoms with Gasteiger partial charge in [-0.3, -0.25) is 4.79 Å². The van der Waals surface area contributed by atoms with Crippen molar-refractivity contribution < 1.29 is 14.7 Å². The molecular formula is C15H26N2O3. The van der Waals surface area contributed by atoms with Crippen molar-refractivity contribution in [2.75, 3.05) is 6.54 Å². The molecule has 0 spiro atoms. The molecule has 2 fully saturated rings. The molecule has 0 aromatic carbocycles. The quantitative estimate of drug-likeness (QED) is 0.835. The molecule has 1 saturated carbocycles. The van der Waals surface area contributed by atoms with Crippen LogP contribution in [0.15, 0.2) is 0 Å². The highest BCUT2D eigenvalue weighted by Crippen LogP contribution is 2.31. The highest BCUT2D eigenvalue weighted by Gasteiger charge is 2.34. The van der Waals surface area contributed by atoms with Crippen LogP contribution in [-0.4, -0.2) is 40.6 Å². The smallest absolute Gasteiger partial charge is 0.317 e. The third-order valence-electron chi connectivity index (χ3n) is 4.92. The predicted molar refractivity (Wildman–Crippen MR) is 76.5 cm³/mol. The zero-order valence-corrected chi connectivity index (χ0v) is 12.5. The van der Waals surface area contributed by atoms with Crippen molar-refractivity contribution in [1.29, 1.82) is 0 Å². The maximum absolute atomic E-state index is 12.3. The van der Waals surface area contributed by atoms with Crippen molar-refractivity contribution in [2.45, 2.75) is 64.5 Å². The normalized spacial score (nSPS) is 34.0. The van der Waals surface area contributed by atoms with Crippen LogP contribution in [0.4, 0.5) is 4.79 Å². The van der Waals surface area contributed by atoms with Gasteiger partial charge in [0.05, 0.1) is 5.92 Å². The number of hydrogen-bond acceptors (Lipinski definition) is 2. The van der Waals surface area contributed by atoms with Crippen LogP contribution in [0.3, 0.4) is 0 Å². The number of carbonyl (C=O) groups is 2. The van der Waals surface area contributed by atoms with E-state index in [1.165, 1.54) is 6.42 Å². The third-order valence-corrected chi connectivity index (χ3v) is 4.92. The fourth-order valence-electron chi connectivity index (χ4n) is 3.74. The van der Waals surface area contributed by atoms with Crippen molar-refractivity contribution >= 4 is 12.0 Å². The number of carboxylic acids is 1. The van der Waals surface area contributed by atoms with Gasteiger partial charge in [-0.1, -0.05) is 6.42 Å². The lowest BCUT2D eigenvalue weighted by atomic mass is 9.96. The lowest BCUT2D eigenvalue weighted by Crippen LogP contribution is -2.52. The number of carbonyl (C=O) groups excluding carboxylic acids is 1. The number of rotatable bonds is 3. The van der Waals surface area contributed by atoms with Crippen molar-refractivity contribution in [3.8, 4) is 0 Å². The first-order chi connectivity index (χ1) is 9.50. The minimum Gasteiger partial charge on any atom is -0.481 e. The van der Waals surface area contributed by atoms with Crippen LogP contribution in [0.5, 0.6) is 0 Å². The molecule has 0 aromatic heterocycles. The summed E-state index contributed by atoms with van der Waals surface area (Å²) in [6, 6.07) is 0.524. The second-order valence-corrected chi connectivity index (χ2v) is 6.36. The monoisotopic (exact) mass is 282 g/mol. The summed E-state index contributed by atoms with van der Waals surface area (Å²) in [5.74, 6) is -0.917. The van der Waals surface area contributed by atoms with E-state index in [2.05, 4.69) is 19.2 Å². The molecule has 5 heteroatoms. The van der Waals surface area contributed by atoms with E-state index in [4.69, 9.17) is 5.11 Å². The average Bonchev–Trinajstić information content (AvgIpc) is 2.84. The van der Waals surface area contributed by atoms with Crippen LogP contribution in [0.1, 0.15) is 52.4 Å². The van der Waals surface area contributed by atoms with E-state index in [9.17, 15) is 9.59 Å². The first-order valence-corrected chi connectivity index (χ1v) is 7.79. The lowest BCUT2D eigenvalue weighted by molar-refractivity contribution is -0.142. The van der Waals surface area contributed by atoms with Crippen LogP contribution in [0.2, 0.25) is 0 Å². The number of aliphatic carboxylic acids is 1. The van der Waals surface area contributed by atoms with Gasteiger partial charge in [0, 0.05) is 18.6 Å². The second-order valence-electron chi connectivity index (χ2n) is 6.36. The Kier molecular flexibility index (Phi) is 4.89. The Hall–Kier alpha value is -1.26. The Morgan fingerprint density at radius 2 is 1.70 bits per heavy atom. The number of piperidine rings is 1. The van der Waals surface area contributed by atoms with Crippen LogP contribution in [0, 0.1) is 11.8 Å². The van der Waals surface area contributed by atoms with Crippen molar-refractivity contribution in [1.82, 2.24) is 10.2 Å². The zero-order chi connectivity index (χ0) is 14.7. The molecule has 1 aliphatic heterocycles. The molecular weight excluding hydrogens is 256 g/mol. The van der Waals surface area contributed by atoms with Crippen molar-refractivity contribution in [3.63, 3.8) is 0 Å². The summed E-state index contributed by atoms with van der Waals surface area (Å²) in [7, 11) is 0. The predicted octanol–water partition coefficient (Wildman–Crippen LogP) is 2.46. The Balaban J connectivity index is 1.86. The first kappa shape index (κ1) is 15.1. The van der Waals surface area contributed by atoms with E-state index in [1.807, 2.05) is 4.90 Å². The number of urea groups is 1. The molecule has 20 heavy (non-hydrogen) atoms. The SMILES string of the molecule is CC1CCCC(C)N1C(=O)NCC1CCCC1C(=O)O. The lowest BCUT2D eigenvalue weighted by Gasteiger charge is -2.39. The van der Waals surface area contributed by atoms with Gasteiger partial charge in [-0.2, -0.15) is 0 Å². The number of carboxylic acid groups (broad SMARTS) is 1. The topological polar surface area (TPSA) is 69.6 Å². The van der Waals surface area contributed by atoms with E-state index >= 15 is 0 Å². The summed E-state index contributed by atoms with van der Waals surface area (Å²) >= 11 is 0. The number of nitrogens with one attached hydrogen (secondary N) is 1. The van der Waals surface area contributed by atoms with Crippen molar-refractivity contribution in [2.24, 2.45) is 11.8 Å². The summed E-state index contributed by atoms with van der Waals surface area (Å²) < 4.78 is 0. The van der Waals surface area contributed by atoms with Gasteiger partial charge in [0.15, 0.2) is 0 Å². The summed E-state index contributed by atoms with van der Waals surface area (Å²) in [6.07, 6.45) is 5.89. The minimum atomic E-state index is -0.721. The van der Waals surface area contributed by atoms with Gasteiger partial charge in [0.2, 0.25) is 0 Å². The highest BCUT2D eigenvalue weighted by atomic mass is 16.4. The molecule has 4 atom stereocenters. The molecule has 2 N–H and O–H groups in total. The van der Waals surface area contributed by atoms with E-state index in [0.29, 0.717) is 6.54 Å². The van der Waals surface area contributed by atoms with Crippen LogP contribution in [-0.2, 0) is 4.79 Å². The Bertz CT molecular complexity index is 362. The minimum absolute atomic E-state index is 0.0271. The van der Waals surface area contributed by atoms with Gasteiger partial charge >= 0.3 is 12.0 Å².